The van der Waals surface area contributed by atoms with E-state index in [-0.39, 0.29) is 35.1 Å². The summed E-state index contributed by atoms with van der Waals surface area (Å²) in [5, 5.41) is 19.0. The lowest BCUT2D eigenvalue weighted by molar-refractivity contribution is 0.103. The third-order valence-electron chi connectivity index (χ3n) is 4.51. The van der Waals surface area contributed by atoms with Crippen LogP contribution in [0, 0.1) is 6.92 Å². The third-order valence-corrected chi connectivity index (χ3v) is 5.99. The van der Waals surface area contributed by atoms with Gasteiger partial charge in [-0.1, -0.05) is 42.7 Å². The predicted octanol–water partition coefficient (Wildman–Crippen LogP) is 2.77. The number of phenols is 1. The van der Waals surface area contributed by atoms with Crippen LogP contribution in [0.5, 0.6) is 11.5 Å². The molecule has 0 saturated carbocycles. The molecular weight excluding hydrogens is 394 g/mol. The lowest BCUT2D eigenvalue weighted by Crippen LogP contribution is -2.25. The van der Waals surface area contributed by atoms with E-state index in [9.17, 15) is 18.3 Å². The normalized spacial score (nSPS) is 11.4. The lowest BCUT2D eigenvalue weighted by Gasteiger charge is -2.14. The van der Waals surface area contributed by atoms with E-state index in [1.54, 1.807) is 24.3 Å². The summed E-state index contributed by atoms with van der Waals surface area (Å²) >= 11 is 0. The zero-order valence-electron chi connectivity index (χ0n) is 16.6. The van der Waals surface area contributed by atoms with Crippen molar-refractivity contribution in [3.8, 4) is 11.5 Å². The molecule has 0 aliphatic carbocycles. The maximum absolute atomic E-state index is 12.8. The van der Waals surface area contributed by atoms with Crippen molar-refractivity contribution >= 4 is 15.8 Å². The van der Waals surface area contributed by atoms with Crippen LogP contribution < -0.4 is 9.46 Å². The van der Waals surface area contributed by atoms with E-state index >= 15 is 0 Å². The number of unbranched alkanes of at least 4 members (excludes halogenated alkanes) is 3. The molecule has 0 saturated heterocycles. The summed E-state index contributed by atoms with van der Waals surface area (Å²) in [7, 11) is -2.65. The van der Waals surface area contributed by atoms with Gasteiger partial charge < -0.3 is 14.9 Å². The number of phenolic OH excluding ortho intramolecular Hbond substituents is 1. The fraction of sp³-hybridized carbons (Fsp3) is 0.381. The Morgan fingerprint density at radius 1 is 1.07 bits per heavy atom. The Morgan fingerprint density at radius 3 is 2.34 bits per heavy atom. The van der Waals surface area contributed by atoms with E-state index in [1.165, 1.54) is 7.11 Å². The summed E-state index contributed by atoms with van der Waals surface area (Å²) in [4.78, 5) is 12.6. The van der Waals surface area contributed by atoms with Crippen LogP contribution in [0.4, 0.5) is 0 Å². The van der Waals surface area contributed by atoms with E-state index in [1.807, 2.05) is 6.92 Å². The van der Waals surface area contributed by atoms with Crippen molar-refractivity contribution in [2.45, 2.75) is 37.5 Å². The largest absolute Gasteiger partial charge is 0.507 e. The minimum atomic E-state index is -3.95. The average Bonchev–Trinajstić information content (AvgIpc) is 2.70. The number of sulfonamides is 1. The molecule has 0 aliphatic rings. The van der Waals surface area contributed by atoms with Crippen LogP contribution in [0.2, 0.25) is 0 Å². The number of ether oxygens (including phenoxy) is 1. The maximum Gasteiger partial charge on any atom is 0.244 e. The topological polar surface area (TPSA) is 113 Å². The molecule has 0 radical (unpaired) electrons. The van der Waals surface area contributed by atoms with Crippen molar-refractivity contribution < 1.29 is 28.2 Å². The molecule has 0 aliphatic heterocycles. The number of aryl methyl sites for hydroxylation is 1. The van der Waals surface area contributed by atoms with Gasteiger partial charge in [-0.3, -0.25) is 4.79 Å². The van der Waals surface area contributed by atoms with Crippen molar-refractivity contribution in [3.63, 3.8) is 0 Å². The molecule has 0 heterocycles. The third kappa shape index (κ3) is 6.03. The molecule has 158 valence electrons. The Morgan fingerprint density at radius 2 is 1.72 bits per heavy atom. The van der Waals surface area contributed by atoms with Crippen LogP contribution in [0.25, 0.3) is 0 Å². The average molecular weight is 422 g/mol. The zero-order chi connectivity index (χ0) is 21.4. The van der Waals surface area contributed by atoms with Gasteiger partial charge in [0, 0.05) is 24.8 Å². The standard InChI is InChI=1S/C21H27NO6S/c1-15-7-9-16(10-8-15)21(25)17-13-20(19(28-2)14-18(17)24)29(26,27)22-11-5-3-4-6-12-23/h7-10,13-14,22-24H,3-6,11-12H2,1-2H3. The highest BCUT2D eigenvalue weighted by Crippen LogP contribution is 2.32. The predicted molar refractivity (Wildman–Crippen MR) is 110 cm³/mol. The Balaban J connectivity index is 2.27. The van der Waals surface area contributed by atoms with Gasteiger partial charge in [0.2, 0.25) is 10.0 Å². The molecule has 0 unspecified atom stereocenters. The second-order valence-corrected chi connectivity index (χ2v) is 8.49. The fourth-order valence-electron chi connectivity index (χ4n) is 2.84. The molecular formula is C21H27NO6S. The molecule has 2 rings (SSSR count). The summed E-state index contributed by atoms with van der Waals surface area (Å²) in [5.74, 6) is -0.878. The molecule has 0 bridgehead atoms. The quantitative estimate of drug-likeness (QED) is 0.380. The summed E-state index contributed by atoms with van der Waals surface area (Å²) in [6.07, 6.45) is 2.90. The monoisotopic (exact) mass is 421 g/mol. The van der Waals surface area contributed by atoms with Gasteiger partial charge in [0.15, 0.2) is 5.78 Å². The first kappa shape index (κ1) is 22.9. The van der Waals surface area contributed by atoms with Crippen molar-refractivity contribution in [2.75, 3.05) is 20.3 Å². The van der Waals surface area contributed by atoms with Gasteiger partial charge in [-0.15, -0.1) is 0 Å². The van der Waals surface area contributed by atoms with Gasteiger partial charge in [0.05, 0.1) is 12.7 Å². The van der Waals surface area contributed by atoms with Gasteiger partial charge in [-0.05, 0) is 25.8 Å². The second-order valence-electron chi connectivity index (χ2n) is 6.75. The Kier molecular flexibility index (Phi) is 8.19. The molecule has 2 aromatic rings. The molecule has 0 aromatic heterocycles. The number of hydrogen-bond donors (Lipinski definition) is 3. The first-order valence-electron chi connectivity index (χ1n) is 9.43. The molecule has 0 spiro atoms. The molecule has 0 amide bonds. The van der Waals surface area contributed by atoms with Gasteiger partial charge in [0.25, 0.3) is 0 Å². The number of hydrogen-bond acceptors (Lipinski definition) is 6. The van der Waals surface area contributed by atoms with E-state index in [0.29, 0.717) is 18.4 Å². The van der Waals surface area contributed by atoms with Crippen molar-refractivity contribution in [2.24, 2.45) is 0 Å². The lowest BCUT2D eigenvalue weighted by atomic mass is 10.0. The molecule has 0 fully saturated rings. The number of ketones is 1. The van der Waals surface area contributed by atoms with Gasteiger partial charge in [-0.2, -0.15) is 0 Å². The SMILES string of the molecule is COc1cc(O)c(C(=O)c2ccc(C)cc2)cc1S(=O)(=O)NCCCCCCO. The van der Waals surface area contributed by atoms with E-state index in [4.69, 9.17) is 9.84 Å². The van der Waals surface area contributed by atoms with Gasteiger partial charge in [-0.25, -0.2) is 13.1 Å². The summed E-state index contributed by atoms with van der Waals surface area (Å²) in [6.45, 7) is 2.23. The Bertz CT molecular complexity index is 938. The maximum atomic E-state index is 12.8. The zero-order valence-corrected chi connectivity index (χ0v) is 17.5. The van der Waals surface area contributed by atoms with Crippen molar-refractivity contribution in [3.05, 3.63) is 53.1 Å². The number of methoxy groups -OCH3 is 1. The molecule has 0 atom stereocenters. The summed E-state index contributed by atoms with van der Waals surface area (Å²) in [6, 6.07) is 9.07. The number of carbonyl (C=O) groups excluding carboxylic acids is 1. The molecule has 3 N–H and O–H groups in total. The van der Waals surface area contributed by atoms with Crippen LogP contribution in [0.1, 0.15) is 47.2 Å². The minimum absolute atomic E-state index is 0.0456. The number of carbonyl (C=O) groups is 1. The van der Waals surface area contributed by atoms with Crippen LogP contribution in [0.15, 0.2) is 41.3 Å². The Labute approximate surface area is 171 Å². The molecule has 2 aromatic carbocycles. The molecule has 29 heavy (non-hydrogen) atoms. The number of aliphatic hydroxyl groups is 1. The van der Waals surface area contributed by atoms with Crippen molar-refractivity contribution in [1.29, 1.82) is 0 Å². The second kappa shape index (κ2) is 10.4. The van der Waals surface area contributed by atoms with Crippen LogP contribution in [-0.2, 0) is 10.0 Å². The highest BCUT2D eigenvalue weighted by atomic mass is 32.2. The minimum Gasteiger partial charge on any atom is -0.507 e. The Hall–Kier alpha value is -2.42. The number of nitrogens with one attached hydrogen (secondary N) is 1. The van der Waals surface area contributed by atoms with E-state index < -0.39 is 15.8 Å². The van der Waals surface area contributed by atoms with Crippen LogP contribution in [-0.4, -0.2) is 44.7 Å². The highest BCUT2D eigenvalue weighted by molar-refractivity contribution is 7.89. The number of aromatic hydroxyl groups is 1. The molecule has 7 nitrogen and oxygen atoms in total. The summed E-state index contributed by atoms with van der Waals surface area (Å²) < 4.78 is 33.1. The molecule has 8 heteroatoms. The number of aliphatic hydroxyl groups excluding tert-OH is 1. The van der Waals surface area contributed by atoms with Crippen LogP contribution in [0.3, 0.4) is 0 Å². The smallest absolute Gasteiger partial charge is 0.244 e. The summed E-state index contributed by atoms with van der Waals surface area (Å²) in [5.41, 5.74) is 1.21. The van der Waals surface area contributed by atoms with E-state index in [2.05, 4.69) is 4.72 Å². The highest BCUT2D eigenvalue weighted by Gasteiger charge is 2.24. The number of rotatable bonds is 11. The number of benzene rings is 2. The van der Waals surface area contributed by atoms with Gasteiger partial charge in [0.1, 0.15) is 16.4 Å². The fourth-order valence-corrected chi connectivity index (χ4v) is 4.08. The van der Waals surface area contributed by atoms with Crippen molar-refractivity contribution in [1.82, 2.24) is 4.72 Å². The van der Waals surface area contributed by atoms with E-state index in [0.717, 1.165) is 30.5 Å². The first-order chi connectivity index (χ1) is 13.8. The first-order valence-corrected chi connectivity index (χ1v) is 10.9. The van der Waals surface area contributed by atoms with Gasteiger partial charge >= 0.3 is 0 Å². The van der Waals surface area contributed by atoms with Crippen LogP contribution >= 0.6 is 0 Å².